The van der Waals surface area contributed by atoms with Crippen LogP contribution < -0.4 is 0 Å². The van der Waals surface area contributed by atoms with Crippen LogP contribution in [0.25, 0.3) is 0 Å². The lowest BCUT2D eigenvalue weighted by molar-refractivity contribution is 0.0967. The number of carbonyl (C=O) groups excluding carboxylic acids is 2. The van der Waals surface area contributed by atoms with Gasteiger partial charge in [0, 0.05) is 24.2 Å². The minimum Gasteiger partial charge on any atom is -0.507 e. The van der Waals surface area contributed by atoms with Gasteiger partial charge < -0.3 is 10.0 Å². The average molecular weight is 229 g/mol. The molecule has 4 nitrogen and oxygen atoms in total. The first kappa shape index (κ1) is 10.1. The molecule has 1 fully saturated rings. The van der Waals surface area contributed by atoms with Crippen LogP contribution in [0.4, 0.5) is 0 Å². The zero-order valence-corrected chi connectivity index (χ0v) is 9.30. The van der Waals surface area contributed by atoms with Crippen LogP contribution >= 0.6 is 0 Å². The van der Waals surface area contributed by atoms with E-state index in [2.05, 4.69) is 0 Å². The predicted molar refractivity (Wildman–Crippen MR) is 61.0 cm³/mol. The molecule has 0 spiro atoms. The molecule has 17 heavy (non-hydrogen) atoms. The first-order chi connectivity index (χ1) is 8.09. The van der Waals surface area contributed by atoms with E-state index in [-0.39, 0.29) is 22.9 Å². The Hall–Kier alpha value is -2.10. The highest BCUT2D eigenvalue weighted by Crippen LogP contribution is 2.33. The fourth-order valence-electron chi connectivity index (χ4n) is 2.17. The summed E-state index contributed by atoms with van der Waals surface area (Å²) in [6, 6.07) is 4.89. The molecule has 2 aliphatic rings. The van der Waals surface area contributed by atoms with Crippen LogP contribution in [0.5, 0.6) is 5.75 Å². The van der Waals surface area contributed by atoms with Gasteiger partial charge in [-0.15, -0.1) is 0 Å². The molecule has 1 N–H and O–H groups in total. The summed E-state index contributed by atoms with van der Waals surface area (Å²) in [4.78, 5) is 25.9. The Morgan fingerprint density at radius 3 is 2.71 bits per heavy atom. The molecule has 1 atom stereocenters. The number of nitrogens with zero attached hydrogens (tertiary/aromatic N) is 1. The van der Waals surface area contributed by atoms with Crippen molar-refractivity contribution < 1.29 is 14.7 Å². The predicted octanol–water partition coefficient (Wildman–Crippen LogP) is 1.36. The second-order valence-electron chi connectivity index (χ2n) is 4.42. The van der Waals surface area contributed by atoms with Crippen LogP contribution in [0, 0.1) is 0 Å². The molecule has 1 aromatic rings. The van der Waals surface area contributed by atoms with Crippen molar-refractivity contribution in [3.8, 4) is 5.75 Å². The maximum atomic E-state index is 12.2. The highest BCUT2D eigenvalue weighted by atomic mass is 16.3. The van der Waals surface area contributed by atoms with E-state index < -0.39 is 0 Å². The van der Waals surface area contributed by atoms with Crippen molar-refractivity contribution >= 4 is 11.6 Å². The van der Waals surface area contributed by atoms with Crippen molar-refractivity contribution in [2.24, 2.45) is 0 Å². The highest BCUT2D eigenvalue weighted by molar-refractivity contribution is 6.25. The van der Waals surface area contributed by atoms with E-state index in [0.717, 1.165) is 6.54 Å². The van der Waals surface area contributed by atoms with Crippen LogP contribution in [-0.2, 0) is 0 Å². The third-order valence-electron chi connectivity index (χ3n) is 3.20. The van der Waals surface area contributed by atoms with Crippen LogP contribution in [0.3, 0.4) is 0 Å². The van der Waals surface area contributed by atoms with Crippen LogP contribution in [0.15, 0.2) is 30.0 Å². The van der Waals surface area contributed by atoms with Crippen molar-refractivity contribution in [1.82, 2.24) is 4.90 Å². The molecule has 0 amide bonds. The topological polar surface area (TPSA) is 57.4 Å². The Labute approximate surface area is 98.2 Å². The lowest BCUT2D eigenvalue weighted by Crippen LogP contribution is -2.21. The molecule has 1 aliphatic carbocycles. The van der Waals surface area contributed by atoms with E-state index in [4.69, 9.17) is 0 Å². The van der Waals surface area contributed by atoms with Gasteiger partial charge in [0.15, 0.2) is 5.78 Å². The third-order valence-corrected chi connectivity index (χ3v) is 3.20. The molecule has 1 saturated heterocycles. The van der Waals surface area contributed by atoms with Crippen molar-refractivity contribution in [2.75, 3.05) is 6.54 Å². The Bertz CT molecular complexity index is 574. The second-order valence-corrected chi connectivity index (χ2v) is 4.42. The SMILES string of the molecule is CC1CN1C1=CC(=O)c2c(O)cccc2C1=O. The van der Waals surface area contributed by atoms with Gasteiger partial charge in [0.2, 0.25) is 5.78 Å². The van der Waals surface area contributed by atoms with Gasteiger partial charge in [-0.2, -0.15) is 0 Å². The summed E-state index contributed by atoms with van der Waals surface area (Å²) >= 11 is 0. The number of rotatable bonds is 1. The molecule has 0 saturated carbocycles. The zero-order chi connectivity index (χ0) is 12.2. The third kappa shape index (κ3) is 1.37. The van der Waals surface area contributed by atoms with E-state index in [1.807, 2.05) is 11.8 Å². The van der Waals surface area contributed by atoms with Gasteiger partial charge in [0.05, 0.1) is 11.3 Å². The molecule has 0 bridgehead atoms. The monoisotopic (exact) mass is 229 g/mol. The number of fused-ring (bicyclic) bond motifs is 1. The minimum atomic E-state index is -0.299. The molecule has 86 valence electrons. The van der Waals surface area contributed by atoms with E-state index in [9.17, 15) is 14.7 Å². The summed E-state index contributed by atoms with van der Waals surface area (Å²) in [6.45, 7) is 2.80. The lowest BCUT2D eigenvalue weighted by Gasteiger charge is -2.17. The van der Waals surface area contributed by atoms with Gasteiger partial charge in [-0.25, -0.2) is 0 Å². The summed E-state index contributed by atoms with van der Waals surface area (Å²) in [5.41, 5.74) is 0.864. The molecule has 1 unspecified atom stereocenters. The number of allylic oxidation sites excluding steroid dienone is 2. The smallest absolute Gasteiger partial charge is 0.210 e. The molecule has 3 rings (SSSR count). The first-order valence-corrected chi connectivity index (χ1v) is 5.49. The molecule has 1 aliphatic heterocycles. The number of phenolic OH excluding ortho intramolecular Hbond substituents is 1. The Morgan fingerprint density at radius 1 is 1.35 bits per heavy atom. The van der Waals surface area contributed by atoms with Gasteiger partial charge >= 0.3 is 0 Å². The van der Waals surface area contributed by atoms with E-state index in [0.29, 0.717) is 17.3 Å². The number of benzene rings is 1. The molecular formula is C13H11NO3. The molecular weight excluding hydrogens is 218 g/mol. The maximum absolute atomic E-state index is 12.2. The maximum Gasteiger partial charge on any atom is 0.210 e. The van der Waals surface area contributed by atoms with Crippen molar-refractivity contribution in [3.63, 3.8) is 0 Å². The second kappa shape index (κ2) is 3.20. The fraction of sp³-hybridized carbons (Fsp3) is 0.231. The van der Waals surface area contributed by atoms with Gasteiger partial charge in [-0.1, -0.05) is 6.07 Å². The highest BCUT2D eigenvalue weighted by Gasteiger charge is 2.38. The van der Waals surface area contributed by atoms with E-state index in [1.165, 1.54) is 12.1 Å². The summed E-state index contributed by atoms with van der Waals surface area (Å²) in [5, 5.41) is 9.62. The normalized spacial score (nSPS) is 22.3. The number of aromatic hydroxyl groups is 1. The standard InChI is InChI=1S/C13H11NO3/c1-7-6-14(7)9-5-11(16)12-8(13(9)17)3-2-4-10(12)15/h2-5,7,15H,6H2,1H3. The summed E-state index contributed by atoms with van der Waals surface area (Å²) in [7, 11) is 0. The summed E-state index contributed by atoms with van der Waals surface area (Å²) in [6.07, 6.45) is 1.33. The lowest BCUT2D eigenvalue weighted by atomic mass is 9.92. The summed E-state index contributed by atoms with van der Waals surface area (Å²) < 4.78 is 0. The van der Waals surface area contributed by atoms with Gasteiger partial charge in [-0.3, -0.25) is 9.59 Å². The fourth-order valence-corrected chi connectivity index (χ4v) is 2.17. The number of Topliss-reactive ketones (excluding diaryl/α,β-unsaturated/α-hetero) is 1. The van der Waals surface area contributed by atoms with Crippen LogP contribution in [-0.4, -0.2) is 34.2 Å². The van der Waals surface area contributed by atoms with Crippen LogP contribution in [0.2, 0.25) is 0 Å². The van der Waals surface area contributed by atoms with Gasteiger partial charge in [0.25, 0.3) is 0 Å². The molecule has 1 heterocycles. The van der Waals surface area contributed by atoms with Gasteiger partial charge in [0.1, 0.15) is 5.75 Å². The van der Waals surface area contributed by atoms with Gasteiger partial charge in [-0.05, 0) is 19.1 Å². The average Bonchev–Trinajstić information content (AvgIpc) is 3.00. The van der Waals surface area contributed by atoms with Crippen molar-refractivity contribution in [1.29, 1.82) is 0 Å². The first-order valence-electron chi connectivity index (χ1n) is 5.49. The number of hydrogen-bond donors (Lipinski definition) is 1. The van der Waals surface area contributed by atoms with Crippen LogP contribution in [0.1, 0.15) is 27.6 Å². The van der Waals surface area contributed by atoms with Crippen molar-refractivity contribution in [3.05, 3.63) is 41.1 Å². The molecule has 0 radical (unpaired) electrons. The molecule has 0 aromatic heterocycles. The largest absolute Gasteiger partial charge is 0.507 e. The number of phenols is 1. The Balaban J connectivity index is 2.12. The molecule has 1 aromatic carbocycles. The minimum absolute atomic E-state index is 0.121. The zero-order valence-electron chi connectivity index (χ0n) is 9.30. The summed E-state index contributed by atoms with van der Waals surface area (Å²) in [5.74, 6) is -0.610. The quantitative estimate of drug-likeness (QED) is 0.739. The number of hydrogen-bond acceptors (Lipinski definition) is 4. The molecule has 4 heteroatoms. The van der Waals surface area contributed by atoms with Crippen molar-refractivity contribution in [2.45, 2.75) is 13.0 Å². The Morgan fingerprint density at radius 2 is 2.06 bits per heavy atom. The Kier molecular flexibility index (Phi) is 1.90. The number of carbonyl (C=O) groups is 2. The van der Waals surface area contributed by atoms with E-state index in [1.54, 1.807) is 12.1 Å². The number of ketones is 2. The van der Waals surface area contributed by atoms with E-state index >= 15 is 0 Å².